The van der Waals surface area contributed by atoms with Gasteiger partial charge in [-0.05, 0) is 74.2 Å². The number of para-hydroxylation sites is 1. The molecule has 5 aliphatic rings. The largest absolute Gasteiger partial charge is 0.508 e. The van der Waals surface area contributed by atoms with Crippen molar-refractivity contribution in [2.45, 2.75) is 82.8 Å². The smallest absolute Gasteiger partial charge is 0.224 e. The number of rotatable bonds is 8. The lowest BCUT2D eigenvalue weighted by atomic mass is 9.47. The highest BCUT2D eigenvalue weighted by atomic mass is 16.3. The highest BCUT2D eigenvalue weighted by Gasteiger charge is 2.55. The van der Waals surface area contributed by atoms with Gasteiger partial charge in [0.2, 0.25) is 5.95 Å². The van der Waals surface area contributed by atoms with Crippen molar-refractivity contribution in [3.63, 3.8) is 0 Å². The molecule has 36 heavy (non-hydrogen) atoms. The molecule has 5 atom stereocenters. The third-order valence-electron chi connectivity index (χ3n) is 9.40. The molecule has 0 amide bonds. The Bertz CT molecular complexity index is 1110. The fourth-order valence-electron chi connectivity index (χ4n) is 8.01. The highest BCUT2D eigenvalue weighted by molar-refractivity contribution is 5.53. The standard InChI is InChI=1S/C29H38N6O/c30-15-23-17-32-28(31-16-20-6-4-5-9-25(20)36)35-27(23)33-18-29-12-19-10-21(13-29)26(22(11-19)14-29)34-24-7-2-1-3-8-24/h4-6,9,17,19,21-22,24,26,34,36H,1-3,7-8,10-14,16,18H2,(H2,31,32,33,35)/t19?,21-,22+,26-,29?. The molecule has 7 nitrogen and oxygen atoms in total. The van der Waals surface area contributed by atoms with Gasteiger partial charge in [0.05, 0.1) is 6.20 Å². The minimum absolute atomic E-state index is 0.245. The zero-order valence-electron chi connectivity index (χ0n) is 21.0. The van der Waals surface area contributed by atoms with E-state index in [9.17, 15) is 10.4 Å². The molecule has 0 saturated heterocycles. The SMILES string of the molecule is N#Cc1cnc(NCc2ccccc2O)nc1NCC12CC3C[C@H](C1)[C@@H](NC1CCCCC1)[C@@H](C3)C2. The van der Waals surface area contributed by atoms with Crippen LogP contribution in [0.25, 0.3) is 0 Å². The lowest BCUT2D eigenvalue weighted by Crippen LogP contribution is -2.61. The maximum Gasteiger partial charge on any atom is 0.224 e. The Morgan fingerprint density at radius 2 is 1.81 bits per heavy atom. The van der Waals surface area contributed by atoms with Gasteiger partial charge in [-0.15, -0.1) is 0 Å². The van der Waals surface area contributed by atoms with Crippen molar-refractivity contribution >= 4 is 11.8 Å². The van der Waals surface area contributed by atoms with Gasteiger partial charge >= 0.3 is 0 Å². The molecule has 4 N–H and O–H groups in total. The Kier molecular flexibility index (Phi) is 6.47. The van der Waals surface area contributed by atoms with E-state index in [1.54, 1.807) is 18.3 Å². The van der Waals surface area contributed by atoms with E-state index >= 15 is 0 Å². The normalized spacial score (nSPS) is 31.2. The quantitative estimate of drug-likeness (QED) is 0.407. The Balaban J connectivity index is 1.12. The minimum atomic E-state index is 0.245. The Morgan fingerprint density at radius 1 is 1.03 bits per heavy atom. The second-order valence-electron chi connectivity index (χ2n) is 11.9. The first-order valence-electron chi connectivity index (χ1n) is 13.9. The van der Waals surface area contributed by atoms with Crippen LogP contribution in [0.15, 0.2) is 30.5 Å². The number of phenolic OH excluding ortho intramolecular Hbond substituents is 1. The van der Waals surface area contributed by atoms with Crippen LogP contribution in [0.2, 0.25) is 0 Å². The lowest BCUT2D eigenvalue weighted by molar-refractivity contribution is -0.0728. The van der Waals surface area contributed by atoms with Gasteiger partial charge in [-0.2, -0.15) is 10.2 Å². The van der Waals surface area contributed by atoms with Crippen LogP contribution in [0.1, 0.15) is 75.3 Å². The summed E-state index contributed by atoms with van der Waals surface area (Å²) in [6, 6.07) is 10.9. The van der Waals surface area contributed by atoms with Crippen LogP contribution in [0.3, 0.4) is 0 Å². The van der Waals surface area contributed by atoms with E-state index in [0.717, 1.165) is 35.9 Å². The lowest BCUT2D eigenvalue weighted by Gasteiger charge is -2.61. The molecule has 2 aromatic rings. The summed E-state index contributed by atoms with van der Waals surface area (Å²) in [7, 11) is 0. The van der Waals surface area contributed by atoms with E-state index in [0.29, 0.717) is 35.3 Å². The molecule has 0 aliphatic heterocycles. The van der Waals surface area contributed by atoms with Crippen LogP contribution >= 0.6 is 0 Å². The fraction of sp³-hybridized carbons (Fsp3) is 0.621. The molecular formula is C29H38N6O. The zero-order valence-corrected chi connectivity index (χ0v) is 21.0. The summed E-state index contributed by atoms with van der Waals surface area (Å²) in [4.78, 5) is 8.97. The third kappa shape index (κ3) is 4.76. The van der Waals surface area contributed by atoms with Gasteiger partial charge in [-0.1, -0.05) is 37.5 Å². The number of nitrogens with zero attached hydrogens (tertiary/aromatic N) is 3. The predicted molar refractivity (Wildman–Crippen MR) is 140 cm³/mol. The summed E-state index contributed by atoms with van der Waals surface area (Å²) in [5, 5.41) is 30.6. The van der Waals surface area contributed by atoms with Crippen molar-refractivity contribution in [1.82, 2.24) is 15.3 Å². The third-order valence-corrected chi connectivity index (χ3v) is 9.40. The van der Waals surface area contributed by atoms with Gasteiger partial charge in [0, 0.05) is 30.7 Å². The number of benzene rings is 1. The molecule has 7 rings (SSSR count). The van der Waals surface area contributed by atoms with E-state index < -0.39 is 0 Å². The van der Waals surface area contributed by atoms with Crippen LogP contribution in [-0.4, -0.2) is 33.7 Å². The molecule has 1 heterocycles. The summed E-state index contributed by atoms with van der Waals surface area (Å²) >= 11 is 0. The average Bonchev–Trinajstić information content (AvgIpc) is 2.89. The van der Waals surface area contributed by atoms with E-state index in [-0.39, 0.29) is 5.75 Å². The number of nitriles is 1. The predicted octanol–water partition coefficient (Wildman–Crippen LogP) is 5.20. The summed E-state index contributed by atoms with van der Waals surface area (Å²) in [5.74, 6) is 3.75. The van der Waals surface area contributed by atoms with Gasteiger partial charge < -0.3 is 21.1 Å². The molecule has 1 aromatic carbocycles. The number of hydrogen-bond acceptors (Lipinski definition) is 7. The molecule has 5 saturated carbocycles. The van der Waals surface area contributed by atoms with E-state index in [1.807, 2.05) is 12.1 Å². The van der Waals surface area contributed by atoms with E-state index in [1.165, 1.54) is 64.2 Å². The van der Waals surface area contributed by atoms with Gasteiger partial charge in [0.15, 0.2) is 0 Å². The monoisotopic (exact) mass is 486 g/mol. The molecule has 0 spiro atoms. The molecule has 2 unspecified atom stereocenters. The second-order valence-corrected chi connectivity index (χ2v) is 11.9. The first kappa shape index (κ1) is 23.5. The molecule has 0 radical (unpaired) electrons. The van der Waals surface area contributed by atoms with E-state index in [2.05, 4.69) is 32.0 Å². The van der Waals surface area contributed by atoms with Gasteiger partial charge in [-0.3, -0.25) is 0 Å². The summed E-state index contributed by atoms with van der Waals surface area (Å²) in [6.45, 7) is 1.29. The van der Waals surface area contributed by atoms with Gasteiger partial charge in [0.25, 0.3) is 0 Å². The number of anilines is 2. The molecule has 5 fully saturated rings. The molecule has 190 valence electrons. The highest BCUT2D eigenvalue weighted by Crippen LogP contribution is 2.60. The fourth-order valence-corrected chi connectivity index (χ4v) is 8.01. The van der Waals surface area contributed by atoms with Crippen molar-refractivity contribution in [1.29, 1.82) is 5.26 Å². The topological polar surface area (TPSA) is 106 Å². The zero-order chi connectivity index (χ0) is 24.5. The maximum absolute atomic E-state index is 10.0. The number of aromatic hydroxyl groups is 1. The maximum atomic E-state index is 10.0. The van der Waals surface area contributed by atoms with Crippen LogP contribution < -0.4 is 16.0 Å². The first-order valence-corrected chi connectivity index (χ1v) is 13.9. The number of aromatic nitrogens is 2. The molecule has 5 aliphatic carbocycles. The minimum Gasteiger partial charge on any atom is -0.508 e. The number of hydrogen-bond donors (Lipinski definition) is 4. The van der Waals surface area contributed by atoms with Crippen molar-refractivity contribution in [2.75, 3.05) is 17.2 Å². The van der Waals surface area contributed by atoms with Crippen molar-refractivity contribution < 1.29 is 5.11 Å². The van der Waals surface area contributed by atoms with Crippen LogP contribution in [0.5, 0.6) is 5.75 Å². The Labute approximate surface area is 214 Å². The van der Waals surface area contributed by atoms with Crippen molar-refractivity contribution in [2.24, 2.45) is 23.2 Å². The summed E-state index contributed by atoms with van der Waals surface area (Å²) < 4.78 is 0. The second kappa shape index (κ2) is 9.89. The summed E-state index contributed by atoms with van der Waals surface area (Å²) in [5.41, 5.74) is 1.57. The van der Waals surface area contributed by atoms with Gasteiger partial charge in [0.1, 0.15) is 23.2 Å². The Morgan fingerprint density at radius 3 is 2.56 bits per heavy atom. The molecular weight excluding hydrogens is 448 g/mol. The van der Waals surface area contributed by atoms with E-state index in [4.69, 9.17) is 0 Å². The van der Waals surface area contributed by atoms with Crippen molar-refractivity contribution in [3.8, 4) is 11.8 Å². The Hall–Kier alpha value is -2.85. The summed E-state index contributed by atoms with van der Waals surface area (Å²) in [6.07, 6.45) is 15.1. The molecule has 7 heteroatoms. The molecule has 4 bridgehead atoms. The number of nitrogens with one attached hydrogen (secondary N) is 3. The molecule has 1 aromatic heterocycles. The van der Waals surface area contributed by atoms with Crippen LogP contribution in [-0.2, 0) is 6.54 Å². The van der Waals surface area contributed by atoms with Crippen LogP contribution in [0.4, 0.5) is 11.8 Å². The first-order chi connectivity index (χ1) is 17.6. The average molecular weight is 487 g/mol. The van der Waals surface area contributed by atoms with Crippen molar-refractivity contribution in [3.05, 3.63) is 41.6 Å². The number of phenols is 1. The van der Waals surface area contributed by atoms with Crippen LogP contribution in [0, 0.1) is 34.5 Å². The van der Waals surface area contributed by atoms with Gasteiger partial charge in [-0.25, -0.2) is 4.98 Å².